The number of rotatable bonds is 1. The summed E-state index contributed by atoms with van der Waals surface area (Å²) in [6.07, 6.45) is 0. The standard InChI is InChI=1S/C11H13N3S/c1-7-3-4-10(15)9(5-7)14-11(12)6-8(2)13-14/h3-6,15H,12H2,1-2H3. The highest BCUT2D eigenvalue weighted by atomic mass is 32.1. The molecule has 0 spiro atoms. The van der Waals surface area contributed by atoms with Crippen LogP contribution in [0.4, 0.5) is 5.82 Å². The van der Waals surface area contributed by atoms with Crippen LogP contribution in [0, 0.1) is 13.8 Å². The fraction of sp³-hybridized carbons (Fsp3) is 0.182. The molecule has 4 heteroatoms. The molecule has 0 amide bonds. The van der Waals surface area contributed by atoms with Crippen LogP contribution in [0.1, 0.15) is 11.3 Å². The first kappa shape index (κ1) is 10.1. The number of aryl methyl sites for hydroxylation is 2. The summed E-state index contributed by atoms with van der Waals surface area (Å²) in [5.74, 6) is 0.633. The smallest absolute Gasteiger partial charge is 0.127 e. The van der Waals surface area contributed by atoms with Crippen molar-refractivity contribution in [1.82, 2.24) is 9.78 Å². The largest absolute Gasteiger partial charge is 0.384 e. The summed E-state index contributed by atoms with van der Waals surface area (Å²) in [5.41, 5.74) is 8.85. The number of hydrogen-bond acceptors (Lipinski definition) is 3. The normalized spacial score (nSPS) is 10.6. The molecule has 2 aromatic rings. The first-order chi connectivity index (χ1) is 7.08. The van der Waals surface area contributed by atoms with Crippen molar-refractivity contribution in [2.24, 2.45) is 0 Å². The van der Waals surface area contributed by atoms with E-state index < -0.39 is 0 Å². The Morgan fingerprint density at radius 1 is 1.27 bits per heavy atom. The number of nitrogens with zero attached hydrogens (tertiary/aromatic N) is 2. The van der Waals surface area contributed by atoms with Crippen LogP contribution in [0.2, 0.25) is 0 Å². The molecule has 0 aliphatic heterocycles. The van der Waals surface area contributed by atoms with E-state index in [2.05, 4.69) is 17.7 Å². The molecule has 0 unspecified atom stereocenters. The summed E-state index contributed by atoms with van der Waals surface area (Å²) in [6.45, 7) is 3.95. The summed E-state index contributed by atoms with van der Waals surface area (Å²) < 4.78 is 1.71. The van der Waals surface area contributed by atoms with Gasteiger partial charge in [-0.2, -0.15) is 5.10 Å². The first-order valence-electron chi connectivity index (χ1n) is 4.70. The van der Waals surface area contributed by atoms with E-state index in [9.17, 15) is 0 Å². The molecule has 0 saturated carbocycles. The molecule has 2 rings (SSSR count). The van der Waals surface area contributed by atoms with Gasteiger partial charge in [0, 0.05) is 11.0 Å². The zero-order chi connectivity index (χ0) is 11.0. The third-order valence-corrected chi connectivity index (χ3v) is 2.60. The second kappa shape index (κ2) is 3.62. The van der Waals surface area contributed by atoms with Gasteiger partial charge in [-0.25, -0.2) is 4.68 Å². The molecule has 2 N–H and O–H groups in total. The summed E-state index contributed by atoms with van der Waals surface area (Å²) in [6, 6.07) is 7.82. The van der Waals surface area contributed by atoms with Crippen molar-refractivity contribution in [2.45, 2.75) is 18.7 Å². The Morgan fingerprint density at radius 2 is 2.00 bits per heavy atom. The molecular formula is C11H13N3S. The third kappa shape index (κ3) is 1.85. The second-order valence-electron chi connectivity index (χ2n) is 3.61. The van der Waals surface area contributed by atoms with Crippen LogP contribution >= 0.6 is 12.6 Å². The molecule has 15 heavy (non-hydrogen) atoms. The van der Waals surface area contributed by atoms with Crippen LogP contribution in [-0.4, -0.2) is 9.78 Å². The molecule has 1 heterocycles. The second-order valence-corrected chi connectivity index (χ2v) is 4.10. The fourth-order valence-electron chi connectivity index (χ4n) is 1.52. The van der Waals surface area contributed by atoms with E-state index in [4.69, 9.17) is 5.73 Å². The van der Waals surface area contributed by atoms with E-state index in [0.29, 0.717) is 5.82 Å². The van der Waals surface area contributed by atoms with E-state index >= 15 is 0 Å². The van der Waals surface area contributed by atoms with Gasteiger partial charge in [0.2, 0.25) is 0 Å². The van der Waals surface area contributed by atoms with Gasteiger partial charge in [-0.05, 0) is 31.5 Å². The van der Waals surface area contributed by atoms with Crippen LogP contribution in [-0.2, 0) is 0 Å². The molecule has 78 valence electrons. The van der Waals surface area contributed by atoms with Crippen LogP contribution in [0.25, 0.3) is 5.69 Å². The van der Waals surface area contributed by atoms with Crippen LogP contribution in [0.5, 0.6) is 0 Å². The van der Waals surface area contributed by atoms with Gasteiger partial charge in [-0.15, -0.1) is 12.6 Å². The Balaban J connectivity index is 2.62. The number of benzene rings is 1. The van der Waals surface area contributed by atoms with Crippen molar-refractivity contribution in [2.75, 3.05) is 5.73 Å². The Bertz CT molecular complexity index is 503. The van der Waals surface area contributed by atoms with Gasteiger partial charge in [0.25, 0.3) is 0 Å². The Kier molecular flexibility index (Phi) is 2.44. The lowest BCUT2D eigenvalue weighted by atomic mass is 10.2. The van der Waals surface area contributed by atoms with Gasteiger partial charge in [-0.3, -0.25) is 0 Å². The molecule has 0 aliphatic rings. The van der Waals surface area contributed by atoms with E-state index in [1.54, 1.807) is 4.68 Å². The van der Waals surface area contributed by atoms with Crippen LogP contribution in [0.15, 0.2) is 29.2 Å². The highest BCUT2D eigenvalue weighted by Gasteiger charge is 2.07. The minimum atomic E-state index is 0.633. The molecular weight excluding hydrogens is 206 g/mol. The Morgan fingerprint density at radius 3 is 2.60 bits per heavy atom. The number of hydrogen-bond donors (Lipinski definition) is 2. The minimum absolute atomic E-state index is 0.633. The monoisotopic (exact) mass is 219 g/mol. The lowest BCUT2D eigenvalue weighted by molar-refractivity contribution is 0.854. The summed E-state index contributed by atoms with van der Waals surface area (Å²) in [7, 11) is 0. The van der Waals surface area contributed by atoms with E-state index in [0.717, 1.165) is 21.8 Å². The molecule has 0 saturated heterocycles. The molecule has 0 fully saturated rings. The molecule has 1 aromatic carbocycles. The highest BCUT2D eigenvalue weighted by molar-refractivity contribution is 7.80. The topological polar surface area (TPSA) is 43.8 Å². The molecule has 0 radical (unpaired) electrons. The predicted molar refractivity (Wildman–Crippen MR) is 64.7 cm³/mol. The molecule has 0 aliphatic carbocycles. The zero-order valence-corrected chi connectivity index (χ0v) is 9.62. The van der Waals surface area contributed by atoms with Crippen molar-refractivity contribution in [3.05, 3.63) is 35.5 Å². The molecule has 3 nitrogen and oxygen atoms in total. The Labute approximate surface area is 94.3 Å². The average molecular weight is 219 g/mol. The van der Waals surface area contributed by atoms with Crippen LogP contribution in [0.3, 0.4) is 0 Å². The molecule has 1 aromatic heterocycles. The Hall–Kier alpha value is -1.42. The van der Waals surface area contributed by atoms with Gasteiger partial charge in [-0.1, -0.05) is 6.07 Å². The number of nitrogens with two attached hydrogens (primary N) is 1. The number of anilines is 1. The number of aromatic nitrogens is 2. The first-order valence-corrected chi connectivity index (χ1v) is 5.15. The predicted octanol–water partition coefficient (Wildman–Crippen LogP) is 2.36. The lowest BCUT2D eigenvalue weighted by Crippen LogP contribution is -2.03. The van der Waals surface area contributed by atoms with E-state index in [1.165, 1.54) is 0 Å². The average Bonchev–Trinajstić information content (AvgIpc) is 2.50. The third-order valence-electron chi connectivity index (χ3n) is 2.22. The van der Waals surface area contributed by atoms with E-state index in [1.807, 2.05) is 38.1 Å². The maximum Gasteiger partial charge on any atom is 0.127 e. The fourth-order valence-corrected chi connectivity index (χ4v) is 1.75. The quantitative estimate of drug-likeness (QED) is 0.723. The summed E-state index contributed by atoms with van der Waals surface area (Å²) in [5, 5.41) is 4.33. The van der Waals surface area contributed by atoms with Crippen molar-refractivity contribution in [3.8, 4) is 5.69 Å². The SMILES string of the molecule is Cc1ccc(S)c(-n2nc(C)cc2N)c1. The van der Waals surface area contributed by atoms with E-state index in [-0.39, 0.29) is 0 Å². The highest BCUT2D eigenvalue weighted by Crippen LogP contribution is 2.22. The summed E-state index contributed by atoms with van der Waals surface area (Å²) >= 11 is 4.40. The van der Waals surface area contributed by atoms with Gasteiger partial charge >= 0.3 is 0 Å². The number of nitrogen functional groups attached to an aromatic ring is 1. The van der Waals surface area contributed by atoms with Gasteiger partial charge < -0.3 is 5.73 Å². The summed E-state index contributed by atoms with van der Waals surface area (Å²) in [4.78, 5) is 0.871. The molecule has 0 atom stereocenters. The molecule has 0 bridgehead atoms. The van der Waals surface area contributed by atoms with Crippen molar-refractivity contribution in [1.29, 1.82) is 0 Å². The van der Waals surface area contributed by atoms with Gasteiger partial charge in [0.05, 0.1) is 11.4 Å². The van der Waals surface area contributed by atoms with Gasteiger partial charge in [0.15, 0.2) is 0 Å². The minimum Gasteiger partial charge on any atom is -0.384 e. The van der Waals surface area contributed by atoms with Gasteiger partial charge in [0.1, 0.15) is 5.82 Å². The van der Waals surface area contributed by atoms with Crippen molar-refractivity contribution >= 4 is 18.4 Å². The van der Waals surface area contributed by atoms with Crippen molar-refractivity contribution in [3.63, 3.8) is 0 Å². The zero-order valence-electron chi connectivity index (χ0n) is 8.73. The number of thiol groups is 1. The lowest BCUT2D eigenvalue weighted by Gasteiger charge is -2.07. The maximum absolute atomic E-state index is 5.86. The maximum atomic E-state index is 5.86. The van der Waals surface area contributed by atoms with Crippen molar-refractivity contribution < 1.29 is 0 Å². The van der Waals surface area contributed by atoms with Crippen LogP contribution < -0.4 is 5.73 Å².